The zero-order valence-electron chi connectivity index (χ0n) is 14.4. The number of carbonyl (C=O) groups excluding carboxylic acids is 1. The summed E-state index contributed by atoms with van der Waals surface area (Å²) >= 11 is 0. The van der Waals surface area contributed by atoms with Crippen LogP contribution in [0.25, 0.3) is 0 Å². The van der Waals surface area contributed by atoms with Crippen molar-refractivity contribution in [1.82, 2.24) is 4.73 Å². The largest absolute Gasteiger partial charge is 0.427 e. The fraction of sp³-hybridized carbons (Fsp3) is 0.0526. The number of aryl methyl sites for hydroxylation is 1. The number of pyridine rings is 1. The quantitative estimate of drug-likeness (QED) is 0.419. The second kappa shape index (κ2) is 7.52. The lowest BCUT2D eigenvalue weighted by Gasteiger charge is -2.12. The highest BCUT2D eigenvalue weighted by molar-refractivity contribution is 6.02. The third-order valence-electron chi connectivity index (χ3n) is 3.89. The molecular formula is C19H16N4O4. The van der Waals surface area contributed by atoms with Crippen LogP contribution in [-0.4, -0.2) is 20.8 Å². The van der Waals surface area contributed by atoms with Gasteiger partial charge in [-0.25, -0.2) is 0 Å². The molecule has 0 aliphatic rings. The number of rotatable bonds is 4. The number of para-hydroxylation sites is 2. The number of amides is 1. The van der Waals surface area contributed by atoms with Crippen LogP contribution in [0.1, 0.15) is 15.9 Å². The third kappa shape index (κ3) is 3.84. The number of anilines is 2. The van der Waals surface area contributed by atoms with Crippen LogP contribution < -0.4 is 10.8 Å². The number of nitrogens with zero attached hydrogens (tertiary/aromatic N) is 3. The number of hydrogen-bond donors (Lipinski definition) is 2. The number of nitro groups is 1. The van der Waals surface area contributed by atoms with Crippen molar-refractivity contribution in [2.24, 2.45) is 4.99 Å². The Labute approximate surface area is 154 Å². The van der Waals surface area contributed by atoms with Gasteiger partial charge in [-0.15, -0.1) is 0 Å². The zero-order valence-corrected chi connectivity index (χ0v) is 14.4. The predicted molar refractivity (Wildman–Crippen MR) is 99.1 cm³/mol. The maximum absolute atomic E-state index is 12.8. The summed E-state index contributed by atoms with van der Waals surface area (Å²) < 4.78 is 0.741. The number of nitrogens with one attached hydrogen (secondary N) is 1. The molecule has 0 fully saturated rings. The molecule has 8 nitrogen and oxygen atoms in total. The highest BCUT2D eigenvalue weighted by atomic mass is 16.6. The van der Waals surface area contributed by atoms with Crippen molar-refractivity contribution in [2.45, 2.75) is 6.92 Å². The van der Waals surface area contributed by atoms with E-state index in [-0.39, 0.29) is 22.4 Å². The molecule has 1 heterocycles. The Bertz CT molecular complexity index is 1090. The molecule has 1 amide bonds. The van der Waals surface area contributed by atoms with Crippen LogP contribution in [0.4, 0.5) is 17.1 Å². The van der Waals surface area contributed by atoms with Crippen LogP contribution in [0.5, 0.6) is 0 Å². The first kappa shape index (κ1) is 17.9. The smallest absolute Gasteiger partial charge is 0.292 e. The molecule has 0 aliphatic carbocycles. The molecule has 1 aromatic heterocycles. The molecule has 0 saturated heterocycles. The fourth-order valence-electron chi connectivity index (χ4n) is 2.61. The van der Waals surface area contributed by atoms with Crippen LogP contribution in [-0.2, 0) is 0 Å². The molecule has 27 heavy (non-hydrogen) atoms. The average molecular weight is 364 g/mol. The van der Waals surface area contributed by atoms with Gasteiger partial charge < -0.3 is 10.5 Å². The summed E-state index contributed by atoms with van der Waals surface area (Å²) in [6.07, 6.45) is 1.36. The molecule has 0 aliphatic heterocycles. The summed E-state index contributed by atoms with van der Waals surface area (Å²) in [7, 11) is 0. The van der Waals surface area contributed by atoms with Crippen molar-refractivity contribution < 1.29 is 14.9 Å². The van der Waals surface area contributed by atoms with E-state index < -0.39 is 10.8 Å². The minimum Gasteiger partial charge on any atom is -0.427 e. The number of aromatic nitrogens is 1. The molecular weight excluding hydrogens is 348 g/mol. The molecule has 136 valence electrons. The Hall–Kier alpha value is -3.94. The normalized spacial score (nSPS) is 11.2. The Kier molecular flexibility index (Phi) is 4.98. The monoisotopic (exact) mass is 364 g/mol. The lowest BCUT2D eigenvalue weighted by molar-refractivity contribution is -0.383. The van der Waals surface area contributed by atoms with Crippen LogP contribution in [0, 0.1) is 17.0 Å². The molecule has 3 rings (SSSR count). The van der Waals surface area contributed by atoms with Gasteiger partial charge in [0.25, 0.3) is 11.6 Å². The number of hydrogen-bond acceptors (Lipinski definition) is 5. The Balaban J connectivity index is 2.07. The van der Waals surface area contributed by atoms with Gasteiger partial charge in [-0.1, -0.05) is 30.3 Å². The maximum atomic E-state index is 12.8. The number of nitro benzene ring substituents is 1. The van der Waals surface area contributed by atoms with Crippen molar-refractivity contribution in [1.29, 1.82) is 0 Å². The van der Waals surface area contributed by atoms with E-state index in [0.717, 1.165) is 4.73 Å². The van der Waals surface area contributed by atoms with Gasteiger partial charge in [0.05, 0.1) is 16.2 Å². The van der Waals surface area contributed by atoms with Gasteiger partial charge in [0.1, 0.15) is 5.69 Å². The van der Waals surface area contributed by atoms with E-state index in [9.17, 15) is 20.1 Å². The summed E-state index contributed by atoms with van der Waals surface area (Å²) in [6, 6.07) is 16.0. The lowest BCUT2D eigenvalue weighted by Crippen LogP contribution is -2.19. The minimum absolute atomic E-state index is 0.0717. The van der Waals surface area contributed by atoms with E-state index in [1.807, 2.05) is 0 Å². The first-order chi connectivity index (χ1) is 13.0. The fourth-order valence-corrected chi connectivity index (χ4v) is 2.61. The van der Waals surface area contributed by atoms with Crippen molar-refractivity contribution in [3.8, 4) is 0 Å². The lowest BCUT2D eigenvalue weighted by atomic mass is 10.1. The molecule has 8 heteroatoms. The second-order valence-electron chi connectivity index (χ2n) is 5.72. The molecule has 0 radical (unpaired) electrons. The van der Waals surface area contributed by atoms with Crippen molar-refractivity contribution in [3.63, 3.8) is 0 Å². The van der Waals surface area contributed by atoms with Gasteiger partial charge in [-0.05, 0) is 36.8 Å². The topological polar surface area (TPSA) is 110 Å². The molecule has 2 N–H and O–H groups in total. The molecule has 0 unspecified atom stereocenters. The van der Waals surface area contributed by atoms with Crippen molar-refractivity contribution >= 4 is 23.0 Å². The van der Waals surface area contributed by atoms with Crippen LogP contribution in [0.2, 0.25) is 0 Å². The van der Waals surface area contributed by atoms with Crippen molar-refractivity contribution in [2.75, 3.05) is 5.32 Å². The van der Waals surface area contributed by atoms with Crippen LogP contribution >= 0.6 is 0 Å². The summed E-state index contributed by atoms with van der Waals surface area (Å²) in [4.78, 5) is 27.4. The highest BCUT2D eigenvalue weighted by Gasteiger charge is 2.18. The Morgan fingerprint density at radius 3 is 2.52 bits per heavy atom. The van der Waals surface area contributed by atoms with E-state index in [4.69, 9.17) is 0 Å². The maximum Gasteiger partial charge on any atom is 0.292 e. The van der Waals surface area contributed by atoms with Crippen molar-refractivity contribution in [3.05, 3.63) is 93.6 Å². The van der Waals surface area contributed by atoms with E-state index in [0.29, 0.717) is 11.3 Å². The first-order valence-electron chi connectivity index (χ1n) is 8.03. The molecule has 0 saturated carbocycles. The van der Waals surface area contributed by atoms with E-state index >= 15 is 0 Å². The highest BCUT2D eigenvalue weighted by Crippen LogP contribution is 2.30. The Morgan fingerprint density at radius 1 is 1.07 bits per heavy atom. The summed E-state index contributed by atoms with van der Waals surface area (Å²) in [6.45, 7) is 1.74. The first-order valence-corrected chi connectivity index (χ1v) is 8.03. The van der Waals surface area contributed by atoms with Gasteiger partial charge in [-0.3, -0.25) is 14.9 Å². The number of carbonyl (C=O) groups is 1. The SMILES string of the molecule is Cc1cccc(Nc2ccccc2[N+](=O)[O-])c1C(=O)N=c1ccccn1O. The number of benzene rings is 2. The Morgan fingerprint density at radius 2 is 1.78 bits per heavy atom. The van der Waals surface area contributed by atoms with Crippen LogP contribution in [0.15, 0.2) is 71.9 Å². The van der Waals surface area contributed by atoms with Gasteiger partial charge in [0.15, 0.2) is 5.49 Å². The van der Waals surface area contributed by atoms with Gasteiger partial charge in [0.2, 0.25) is 0 Å². The summed E-state index contributed by atoms with van der Waals surface area (Å²) in [5.41, 5.74) is 1.53. The summed E-state index contributed by atoms with van der Waals surface area (Å²) in [5.74, 6) is -0.580. The van der Waals surface area contributed by atoms with Gasteiger partial charge >= 0.3 is 0 Å². The predicted octanol–water partition coefficient (Wildman–Crippen LogP) is 3.43. The van der Waals surface area contributed by atoms with E-state index in [2.05, 4.69) is 10.3 Å². The third-order valence-corrected chi connectivity index (χ3v) is 3.89. The summed E-state index contributed by atoms with van der Waals surface area (Å²) in [5, 5.41) is 23.9. The van der Waals surface area contributed by atoms with E-state index in [1.54, 1.807) is 55.5 Å². The average Bonchev–Trinajstić information content (AvgIpc) is 2.64. The van der Waals surface area contributed by atoms with Gasteiger partial charge in [-0.2, -0.15) is 9.72 Å². The molecule has 2 aromatic carbocycles. The zero-order chi connectivity index (χ0) is 19.4. The standard InChI is InChI=1S/C19H16N4O4/c1-13-7-6-9-15(20-14-8-2-3-10-16(14)23(26)27)18(13)19(24)21-17-11-4-5-12-22(17)25/h2-12,20,25H,1H3. The van der Waals surface area contributed by atoms with Gasteiger partial charge in [0, 0.05) is 12.3 Å². The molecule has 0 spiro atoms. The van der Waals surface area contributed by atoms with Crippen LogP contribution in [0.3, 0.4) is 0 Å². The second-order valence-corrected chi connectivity index (χ2v) is 5.72. The minimum atomic E-state index is -0.580. The molecule has 3 aromatic rings. The molecule has 0 bridgehead atoms. The molecule has 0 atom stereocenters. The van der Waals surface area contributed by atoms with E-state index in [1.165, 1.54) is 18.3 Å².